The smallest absolute Gasteiger partial charge is 0.244 e. The molecule has 0 fully saturated rings. The van der Waals surface area contributed by atoms with Gasteiger partial charge in [-0.05, 0) is 61.3 Å². The summed E-state index contributed by atoms with van der Waals surface area (Å²) in [5.41, 5.74) is 2.24. The Morgan fingerprint density at radius 3 is 2.28 bits per heavy atom. The quantitative estimate of drug-likeness (QED) is 0.545. The monoisotopic (exact) mass is 523 g/mol. The predicted octanol–water partition coefficient (Wildman–Crippen LogP) is 3.47. The molecule has 1 N–H and O–H groups in total. The van der Waals surface area contributed by atoms with E-state index in [0.717, 1.165) is 21.7 Å². The number of anilines is 1. The van der Waals surface area contributed by atoms with E-state index < -0.39 is 28.5 Å². The Morgan fingerprint density at radius 2 is 1.72 bits per heavy atom. The van der Waals surface area contributed by atoms with Crippen LogP contribution in [0.3, 0.4) is 0 Å². The Morgan fingerprint density at radius 1 is 1.06 bits per heavy atom. The molecule has 0 aliphatic rings. The molecule has 2 amide bonds. The van der Waals surface area contributed by atoms with Crippen LogP contribution in [-0.4, -0.2) is 50.0 Å². The molecule has 0 aromatic heterocycles. The minimum Gasteiger partial charge on any atom is -0.352 e. The molecule has 0 saturated heterocycles. The first-order chi connectivity index (χ1) is 14.9. The molecule has 2 rings (SSSR count). The summed E-state index contributed by atoms with van der Waals surface area (Å²) >= 11 is 3.36. The van der Waals surface area contributed by atoms with Gasteiger partial charge in [-0.15, -0.1) is 0 Å². The molecule has 0 radical (unpaired) electrons. The normalized spacial score (nSPS) is 12.3. The van der Waals surface area contributed by atoms with Crippen LogP contribution in [0.4, 0.5) is 5.69 Å². The Bertz CT molecular complexity index is 1070. The number of nitrogens with zero attached hydrogens (tertiary/aromatic N) is 2. The lowest BCUT2D eigenvalue weighted by molar-refractivity contribution is -0.139. The maximum absolute atomic E-state index is 13.4. The van der Waals surface area contributed by atoms with Crippen molar-refractivity contribution in [3.8, 4) is 0 Å². The fourth-order valence-electron chi connectivity index (χ4n) is 3.24. The first-order valence-electron chi connectivity index (χ1n) is 10.3. The van der Waals surface area contributed by atoms with Crippen molar-refractivity contribution in [3.63, 3.8) is 0 Å². The average molecular weight is 524 g/mol. The van der Waals surface area contributed by atoms with E-state index in [4.69, 9.17) is 0 Å². The second-order valence-corrected chi connectivity index (χ2v) is 10.8. The zero-order valence-electron chi connectivity index (χ0n) is 19.0. The van der Waals surface area contributed by atoms with Gasteiger partial charge in [0.25, 0.3) is 0 Å². The molecule has 1 atom stereocenters. The summed E-state index contributed by atoms with van der Waals surface area (Å²) in [6.45, 7) is 7.04. The minimum atomic E-state index is -3.76. The zero-order chi connectivity index (χ0) is 24.1. The van der Waals surface area contributed by atoms with Gasteiger partial charge in [0, 0.05) is 17.1 Å². The highest BCUT2D eigenvalue weighted by atomic mass is 79.9. The van der Waals surface area contributed by atoms with Gasteiger partial charge in [-0.1, -0.05) is 42.0 Å². The van der Waals surface area contributed by atoms with Crippen molar-refractivity contribution in [2.45, 2.75) is 46.3 Å². The van der Waals surface area contributed by atoms with E-state index >= 15 is 0 Å². The van der Waals surface area contributed by atoms with Crippen LogP contribution < -0.4 is 9.62 Å². The van der Waals surface area contributed by atoms with Crippen LogP contribution in [0.25, 0.3) is 0 Å². The van der Waals surface area contributed by atoms with Gasteiger partial charge in [0.05, 0.1) is 11.9 Å². The third-order valence-corrected chi connectivity index (χ3v) is 6.63. The van der Waals surface area contributed by atoms with E-state index in [1.165, 1.54) is 4.90 Å². The van der Waals surface area contributed by atoms with Crippen LogP contribution in [0.5, 0.6) is 0 Å². The van der Waals surface area contributed by atoms with Crippen LogP contribution in [-0.2, 0) is 26.2 Å². The number of para-hydroxylation sites is 1. The number of hydrogen-bond acceptors (Lipinski definition) is 4. The number of carbonyl (C=O) groups excluding carboxylic acids is 2. The SMILES string of the molecule is Cc1cccc(CN(C(=O)CN(c2ccccc2Br)S(C)(=O)=O)[C@@H](C)C(=O)NC(C)C)c1. The molecule has 0 aliphatic heterocycles. The Balaban J connectivity index is 2.40. The van der Waals surface area contributed by atoms with Crippen molar-refractivity contribution in [1.29, 1.82) is 0 Å². The largest absolute Gasteiger partial charge is 0.352 e. The van der Waals surface area contributed by atoms with E-state index in [1.54, 1.807) is 31.2 Å². The summed E-state index contributed by atoms with van der Waals surface area (Å²) in [6.07, 6.45) is 1.06. The van der Waals surface area contributed by atoms with Gasteiger partial charge in [0.2, 0.25) is 21.8 Å². The average Bonchev–Trinajstić information content (AvgIpc) is 2.69. The molecule has 0 spiro atoms. The molecule has 2 aromatic carbocycles. The standard InChI is InChI=1S/C23H30BrN3O4S/c1-16(2)25-23(29)18(4)26(14-19-10-8-9-17(3)13-19)22(28)15-27(32(5,30)31)21-12-7-6-11-20(21)24/h6-13,16,18H,14-15H2,1-5H3,(H,25,29)/t18-/m0/s1. The fraction of sp³-hybridized carbons (Fsp3) is 0.391. The van der Waals surface area contributed by atoms with Crippen molar-refractivity contribution in [2.75, 3.05) is 17.1 Å². The number of halogens is 1. The van der Waals surface area contributed by atoms with Crippen molar-refractivity contribution in [3.05, 3.63) is 64.1 Å². The molecule has 2 aromatic rings. The van der Waals surface area contributed by atoms with E-state index in [1.807, 2.05) is 45.0 Å². The third-order valence-electron chi connectivity index (χ3n) is 4.83. The van der Waals surface area contributed by atoms with Crippen molar-refractivity contribution in [2.24, 2.45) is 0 Å². The number of aryl methyl sites for hydroxylation is 1. The second kappa shape index (κ2) is 11.0. The second-order valence-electron chi connectivity index (χ2n) is 8.07. The van der Waals surface area contributed by atoms with Crippen molar-refractivity contribution < 1.29 is 18.0 Å². The maximum atomic E-state index is 13.4. The summed E-state index contributed by atoms with van der Waals surface area (Å²) in [5, 5.41) is 2.83. The lowest BCUT2D eigenvalue weighted by Gasteiger charge is -2.32. The summed E-state index contributed by atoms with van der Waals surface area (Å²) < 4.78 is 26.7. The Hall–Kier alpha value is -2.39. The number of benzene rings is 2. The summed E-state index contributed by atoms with van der Waals surface area (Å²) in [7, 11) is -3.76. The number of nitrogens with one attached hydrogen (secondary N) is 1. The van der Waals surface area contributed by atoms with Gasteiger partial charge in [-0.3, -0.25) is 13.9 Å². The predicted molar refractivity (Wildman–Crippen MR) is 131 cm³/mol. The zero-order valence-corrected chi connectivity index (χ0v) is 21.4. The maximum Gasteiger partial charge on any atom is 0.244 e. The number of rotatable bonds is 9. The molecule has 0 bridgehead atoms. The van der Waals surface area contributed by atoms with E-state index in [2.05, 4.69) is 21.2 Å². The van der Waals surface area contributed by atoms with Crippen LogP contribution in [0.1, 0.15) is 31.9 Å². The molecule has 174 valence electrons. The number of carbonyl (C=O) groups is 2. The molecule has 7 nitrogen and oxygen atoms in total. The first-order valence-corrected chi connectivity index (χ1v) is 12.9. The van der Waals surface area contributed by atoms with Gasteiger partial charge in [-0.25, -0.2) is 8.42 Å². The van der Waals surface area contributed by atoms with Gasteiger partial charge < -0.3 is 10.2 Å². The number of sulfonamides is 1. The highest BCUT2D eigenvalue weighted by Crippen LogP contribution is 2.28. The molecule has 0 unspecified atom stereocenters. The summed E-state index contributed by atoms with van der Waals surface area (Å²) in [4.78, 5) is 27.6. The van der Waals surface area contributed by atoms with Crippen LogP contribution in [0.2, 0.25) is 0 Å². The van der Waals surface area contributed by atoms with Gasteiger partial charge in [0.1, 0.15) is 12.6 Å². The lowest BCUT2D eigenvalue weighted by atomic mass is 10.1. The Labute approximate surface area is 199 Å². The molecule has 32 heavy (non-hydrogen) atoms. The third kappa shape index (κ3) is 7.06. The molecular weight excluding hydrogens is 494 g/mol. The topological polar surface area (TPSA) is 86.8 Å². The van der Waals surface area contributed by atoms with Gasteiger partial charge in [0.15, 0.2) is 0 Å². The number of hydrogen-bond donors (Lipinski definition) is 1. The lowest BCUT2D eigenvalue weighted by Crippen LogP contribution is -2.52. The van der Waals surface area contributed by atoms with E-state index in [-0.39, 0.29) is 18.5 Å². The van der Waals surface area contributed by atoms with Crippen molar-refractivity contribution >= 4 is 43.5 Å². The fourth-order valence-corrected chi connectivity index (χ4v) is 4.72. The van der Waals surface area contributed by atoms with Crippen molar-refractivity contribution in [1.82, 2.24) is 10.2 Å². The molecule has 0 heterocycles. The minimum absolute atomic E-state index is 0.0892. The highest BCUT2D eigenvalue weighted by Gasteiger charge is 2.30. The molecule has 0 saturated carbocycles. The Kier molecular flexibility index (Phi) is 8.86. The molecule has 9 heteroatoms. The van der Waals surface area contributed by atoms with Crippen LogP contribution in [0.15, 0.2) is 53.0 Å². The molecule has 0 aliphatic carbocycles. The molecular formula is C23H30BrN3O4S. The number of amides is 2. The first kappa shape index (κ1) is 25.9. The van der Waals surface area contributed by atoms with Gasteiger partial charge >= 0.3 is 0 Å². The van der Waals surface area contributed by atoms with Crippen LogP contribution >= 0.6 is 15.9 Å². The van der Waals surface area contributed by atoms with E-state index in [0.29, 0.717) is 10.2 Å². The van der Waals surface area contributed by atoms with Gasteiger partial charge in [-0.2, -0.15) is 0 Å². The van der Waals surface area contributed by atoms with Crippen LogP contribution in [0, 0.1) is 6.92 Å². The van der Waals surface area contributed by atoms with E-state index in [9.17, 15) is 18.0 Å². The summed E-state index contributed by atoms with van der Waals surface area (Å²) in [5.74, 6) is -0.771. The summed E-state index contributed by atoms with van der Waals surface area (Å²) in [6, 6.07) is 13.6. The highest BCUT2D eigenvalue weighted by molar-refractivity contribution is 9.10.